The second-order valence-electron chi connectivity index (χ2n) is 10.9. The highest BCUT2D eigenvalue weighted by atomic mass is 35.5. The third-order valence-electron chi connectivity index (χ3n) is 7.26. The van der Waals surface area contributed by atoms with Gasteiger partial charge in [0, 0.05) is 24.5 Å². The van der Waals surface area contributed by atoms with Crippen LogP contribution >= 0.6 is 23.4 Å². The Morgan fingerprint density at radius 3 is 2.07 bits per heavy atom. The molecule has 0 aromatic heterocycles. The molecule has 1 aliphatic rings. The number of halogens is 1. The Kier molecular flexibility index (Phi) is 16.6. The first-order chi connectivity index (χ1) is 20.1. The molecule has 0 unspecified atom stereocenters. The molecule has 0 atom stereocenters. The first-order valence-electron chi connectivity index (χ1n) is 15.6. The Morgan fingerprint density at radius 1 is 0.854 bits per heavy atom. The van der Waals surface area contributed by atoms with E-state index in [1.165, 1.54) is 89.0 Å². The topological polar surface area (TPSA) is 50.8 Å². The van der Waals surface area contributed by atoms with Crippen molar-refractivity contribution in [1.82, 2.24) is 4.90 Å². The molecule has 226 valence electrons. The van der Waals surface area contributed by atoms with Gasteiger partial charge in [-0.3, -0.25) is 4.79 Å². The number of unbranched alkanes of at least 4 members (excludes halogenated alkanes) is 13. The molecule has 2 aromatic rings. The van der Waals surface area contributed by atoms with Crippen molar-refractivity contribution in [3.8, 4) is 11.5 Å². The highest BCUT2D eigenvalue weighted by Crippen LogP contribution is 2.29. The molecule has 1 amide bonds. The molecule has 7 heteroatoms. The van der Waals surface area contributed by atoms with Crippen LogP contribution in [0.5, 0.6) is 11.5 Å². The summed E-state index contributed by atoms with van der Waals surface area (Å²) in [4.78, 5) is 14.6. The highest BCUT2D eigenvalue weighted by Gasteiger charge is 2.09. The average molecular weight is 601 g/mol. The number of nitrogens with one attached hydrogen (secondary N) is 1. The summed E-state index contributed by atoms with van der Waals surface area (Å²) in [6, 6.07) is 13.2. The van der Waals surface area contributed by atoms with Crippen molar-refractivity contribution in [2.75, 3.05) is 24.4 Å². The van der Waals surface area contributed by atoms with Gasteiger partial charge in [0.1, 0.15) is 11.5 Å². The number of hydrogen-bond acceptors (Lipinski definition) is 5. The third-order valence-corrected chi connectivity index (χ3v) is 8.35. The zero-order valence-electron chi connectivity index (χ0n) is 24.9. The number of anilines is 1. The number of hydrogen-bond donors (Lipinski definition) is 1. The van der Waals surface area contributed by atoms with Crippen molar-refractivity contribution >= 4 is 35.0 Å². The normalized spacial score (nSPS) is 12.6. The minimum absolute atomic E-state index is 0.0902. The summed E-state index contributed by atoms with van der Waals surface area (Å²) in [5, 5.41) is 5.47. The predicted octanol–water partition coefficient (Wildman–Crippen LogP) is 10.2. The van der Waals surface area contributed by atoms with E-state index in [0.29, 0.717) is 23.1 Å². The van der Waals surface area contributed by atoms with E-state index >= 15 is 0 Å². The number of thioether (sulfide) groups is 1. The fourth-order valence-corrected chi connectivity index (χ4v) is 5.79. The summed E-state index contributed by atoms with van der Waals surface area (Å²) in [6.07, 6.45) is 20.8. The second-order valence-corrected chi connectivity index (χ2v) is 12.2. The van der Waals surface area contributed by atoms with E-state index in [0.717, 1.165) is 24.5 Å². The van der Waals surface area contributed by atoms with Gasteiger partial charge in [0.15, 0.2) is 6.61 Å². The number of carbonyl (C=O) groups is 1. The van der Waals surface area contributed by atoms with Gasteiger partial charge in [-0.25, -0.2) is 0 Å². The quantitative estimate of drug-likeness (QED) is 0.136. The molecule has 0 radical (unpaired) electrons. The summed E-state index contributed by atoms with van der Waals surface area (Å²) in [5.74, 6) is 1.96. The highest BCUT2D eigenvalue weighted by molar-refractivity contribution is 8.02. The second kappa shape index (κ2) is 20.5. The van der Waals surface area contributed by atoms with Crippen LogP contribution in [-0.4, -0.2) is 29.9 Å². The van der Waals surface area contributed by atoms with Crippen LogP contribution in [0, 0.1) is 0 Å². The van der Waals surface area contributed by atoms with Crippen LogP contribution in [-0.2, 0) is 11.3 Å². The maximum atomic E-state index is 12.4. The van der Waals surface area contributed by atoms with Crippen molar-refractivity contribution < 1.29 is 14.3 Å². The lowest BCUT2D eigenvalue weighted by Crippen LogP contribution is -2.20. The van der Waals surface area contributed by atoms with Gasteiger partial charge in [0.05, 0.1) is 17.5 Å². The smallest absolute Gasteiger partial charge is 0.262 e. The number of carbonyl (C=O) groups excluding carboxylic acids is 1. The SMILES string of the molecule is CCCCCCCCCCCCCCCCOc1ccc(OCC(=O)Nc2ccc(CN3C=CSC3)cc2)cc1Cl. The van der Waals surface area contributed by atoms with Gasteiger partial charge in [-0.05, 0) is 41.7 Å². The van der Waals surface area contributed by atoms with Crippen LogP contribution in [0.15, 0.2) is 54.1 Å². The predicted molar refractivity (Wildman–Crippen MR) is 175 cm³/mol. The number of rotatable bonds is 22. The van der Waals surface area contributed by atoms with E-state index in [1.807, 2.05) is 30.3 Å². The van der Waals surface area contributed by atoms with E-state index < -0.39 is 0 Å². The summed E-state index contributed by atoms with van der Waals surface area (Å²) in [6.45, 7) is 3.71. The minimum atomic E-state index is -0.217. The largest absolute Gasteiger partial charge is 0.492 e. The van der Waals surface area contributed by atoms with E-state index in [9.17, 15) is 4.79 Å². The lowest BCUT2D eigenvalue weighted by atomic mass is 10.0. The lowest BCUT2D eigenvalue weighted by Gasteiger charge is -2.15. The maximum absolute atomic E-state index is 12.4. The number of amides is 1. The summed E-state index contributed by atoms with van der Waals surface area (Å²) >= 11 is 8.19. The first kappa shape index (κ1) is 33.2. The van der Waals surface area contributed by atoms with Crippen LogP contribution < -0.4 is 14.8 Å². The molecule has 1 N–H and O–H groups in total. The molecule has 3 rings (SSSR count). The molecule has 0 saturated heterocycles. The van der Waals surface area contributed by atoms with Gasteiger partial charge in [-0.2, -0.15) is 0 Å². The van der Waals surface area contributed by atoms with Gasteiger partial charge in [0.25, 0.3) is 5.91 Å². The molecule has 0 bridgehead atoms. The third kappa shape index (κ3) is 14.4. The van der Waals surface area contributed by atoms with Gasteiger partial charge < -0.3 is 19.7 Å². The maximum Gasteiger partial charge on any atom is 0.262 e. The van der Waals surface area contributed by atoms with Gasteiger partial charge >= 0.3 is 0 Å². The monoisotopic (exact) mass is 600 g/mol. The van der Waals surface area contributed by atoms with E-state index in [-0.39, 0.29) is 12.5 Å². The molecule has 5 nitrogen and oxygen atoms in total. The number of benzene rings is 2. The Hall–Kier alpha value is -2.31. The Balaban J connectivity index is 1.20. The Bertz CT molecular complexity index is 1030. The van der Waals surface area contributed by atoms with Crippen LogP contribution in [0.2, 0.25) is 5.02 Å². The molecule has 0 saturated carbocycles. The lowest BCUT2D eigenvalue weighted by molar-refractivity contribution is -0.118. The average Bonchev–Trinajstić information content (AvgIpc) is 3.49. The zero-order valence-corrected chi connectivity index (χ0v) is 26.5. The van der Waals surface area contributed by atoms with Crippen molar-refractivity contribution in [2.45, 2.75) is 103 Å². The Labute approximate surface area is 257 Å². The van der Waals surface area contributed by atoms with Crippen molar-refractivity contribution in [3.05, 3.63) is 64.7 Å². The minimum Gasteiger partial charge on any atom is -0.492 e. The fraction of sp³-hybridized carbons (Fsp3) is 0.559. The summed E-state index contributed by atoms with van der Waals surface area (Å²) in [5.41, 5.74) is 1.95. The molecule has 0 aliphatic carbocycles. The van der Waals surface area contributed by atoms with Crippen molar-refractivity contribution in [1.29, 1.82) is 0 Å². The van der Waals surface area contributed by atoms with E-state index in [1.54, 1.807) is 23.9 Å². The van der Waals surface area contributed by atoms with Gasteiger partial charge in [-0.1, -0.05) is 114 Å². The fourth-order valence-electron chi connectivity index (χ4n) is 4.85. The number of ether oxygens (including phenoxy) is 2. The molecular formula is C34H49ClN2O3S. The standard InChI is InChI=1S/C34H49ClN2O3S/c1-2-3-4-5-6-7-8-9-10-11-12-13-14-15-23-39-33-21-20-31(25-32(33)35)40-27-34(38)36-30-18-16-29(17-19-30)26-37-22-24-41-28-37/h16-22,24-25H,2-15,23,26-28H2,1H3,(H,36,38). The van der Waals surface area contributed by atoms with E-state index in [4.69, 9.17) is 21.1 Å². The molecule has 1 heterocycles. The molecule has 0 fully saturated rings. The van der Waals surface area contributed by atoms with Crippen LogP contribution in [0.4, 0.5) is 5.69 Å². The number of nitrogens with zero attached hydrogens (tertiary/aromatic N) is 1. The summed E-state index contributed by atoms with van der Waals surface area (Å²) in [7, 11) is 0. The van der Waals surface area contributed by atoms with E-state index in [2.05, 4.69) is 28.7 Å². The van der Waals surface area contributed by atoms with Crippen molar-refractivity contribution in [2.24, 2.45) is 0 Å². The molecule has 1 aliphatic heterocycles. The summed E-state index contributed by atoms with van der Waals surface area (Å²) < 4.78 is 11.5. The van der Waals surface area contributed by atoms with Crippen LogP contribution in [0.25, 0.3) is 0 Å². The van der Waals surface area contributed by atoms with Gasteiger partial charge in [0.2, 0.25) is 0 Å². The first-order valence-corrected chi connectivity index (χ1v) is 17.0. The molecule has 0 spiro atoms. The molecular weight excluding hydrogens is 552 g/mol. The van der Waals surface area contributed by atoms with Crippen LogP contribution in [0.3, 0.4) is 0 Å². The van der Waals surface area contributed by atoms with Gasteiger partial charge in [-0.15, -0.1) is 11.8 Å². The zero-order chi connectivity index (χ0) is 29.0. The van der Waals surface area contributed by atoms with Crippen LogP contribution in [0.1, 0.15) is 102 Å². The Morgan fingerprint density at radius 2 is 1.49 bits per heavy atom. The van der Waals surface area contributed by atoms with Crippen molar-refractivity contribution in [3.63, 3.8) is 0 Å². The molecule has 2 aromatic carbocycles. The molecule has 41 heavy (non-hydrogen) atoms.